The van der Waals surface area contributed by atoms with E-state index in [1.54, 1.807) is 19.1 Å². The number of hydrogen-bond acceptors (Lipinski definition) is 3. The summed E-state index contributed by atoms with van der Waals surface area (Å²) in [4.78, 5) is 23.0. The SMILES string of the molecule is CSCC[C@@H](NC(=O)Nc1c(Cl)ccc(C)c1Cl)C(=O)O. The van der Waals surface area contributed by atoms with Crippen LogP contribution in [0, 0.1) is 6.92 Å². The van der Waals surface area contributed by atoms with Crippen molar-refractivity contribution in [3.05, 3.63) is 27.7 Å². The van der Waals surface area contributed by atoms with Crippen molar-refractivity contribution < 1.29 is 14.7 Å². The molecule has 0 heterocycles. The molecule has 1 rings (SSSR count). The average Bonchev–Trinajstić information content (AvgIpc) is 2.43. The Morgan fingerprint density at radius 2 is 2.05 bits per heavy atom. The van der Waals surface area contributed by atoms with Crippen molar-refractivity contribution in [2.24, 2.45) is 0 Å². The number of thioether (sulfide) groups is 1. The van der Waals surface area contributed by atoms with E-state index in [0.29, 0.717) is 17.2 Å². The van der Waals surface area contributed by atoms with E-state index in [0.717, 1.165) is 5.56 Å². The third-order valence-corrected chi connectivity index (χ3v) is 4.18. The molecule has 21 heavy (non-hydrogen) atoms. The Hall–Kier alpha value is -1.11. The first-order valence-electron chi connectivity index (χ1n) is 6.10. The molecule has 0 saturated carbocycles. The van der Waals surface area contributed by atoms with Crippen molar-refractivity contribution >= 4 is 52.7 Å². The van der Waals surface area contributed by atoms with Crippen LogP contribution in [0.4, 0.5) is 10.5 Å². The maximum atomic E-state index is 11.9. The van der Waals surface area contributed by atoms with Crippen LogP contribution in [-0.4, -0.2) is 35.2 Å². The number of benzene rings is 1. The van der Waals surface area contributed by atoms with Gasteiger partial charge in [0.15, 0.2) is 0 Å². The Labute approximate surface area is 137 Å². The first-order valence-corrected chi connectivity index (χ1v) is 8.25. The fourth-order valence-electron chi connectivity index (χ4n) is 1.57. The Kier molecular flexibility index (Phi) is 7.14. The molecule has 0 aliphatic carbocycles. The summed E-state index contributed by atoms with van der Waals surface area (Å²) in [7, 11) is 0. The number of carboxylic acids is 1. The number of nitrogens with one attached hydrogen (secondary N) is 2. The van der Waals surface area contributed by atoms with Gasteiger partial charge in [-0.2, -0.15) is 11.8 Å². The number of urea groups is 1. The van der Waals surface area contributed by atoms with Crippen LogP contribution in [-0.2, 0) is 4.79 Å². The number of anilines is 1. The molecule has 1 aromatic rings. The lowest BCUT2D eigenvalue weighted by atomic mass is 10.2. The van der Waals surface area contributed by atoms with E-state index in [1.807, 2.05) is 6.26 Å². The molecule has 0 aliphatic rings. The van der Waals surface area contributed by atoms with Gasteiger partial charge in [-0.05, 0) is 37.0 Å². The third-order valence-electron chi connectivity index (χ3n) is 2.74. The molecule has 0 saturated heterocycles. The summed E-state index contributed by atoms with van der Waals surface area (Å²) in [6.07, 6.45) is 2.20. The van der Waals surface area contributed by atoms with Crippen molar-refractivity contribution in [1.29, 1.82) is 0 Å². The average molecular weight is 351 g/mol. The van der Waals surface area contributed by atoms with Gasteiger partial charge < -0.3 is 15.7 Å². The number of hydrogen-bond donors (Lipinski definition) is 3. The van der Waals surface area contributed by atoms with Crippen molar-refractivity contribution in [3.63, 3.8) is 0 Å². The van der Waals surface area contributed by atoms with Crippen LogP contribution in [0.3, 0.4) is 0 Å². The number of carbonyl (C=O) groups is 2. The van der Waals surface area contributed by atoms with E-state index in [1.165, 1.54) is 11.8 Å². The molecular formula is C13H16Cl2N2O3S. The standard InChI is InChI=1S/C13H16Cl2N2O3S/c1-7-3-4-8(14)11(10(7)15)17-13(20)16-9(12(18)19)5-6-21-2/h3-4,9H,5-6H2,1-2H3,(H,18,19)(H2,16,17,20)/t9-/m1/s1. The van der Waals surface area contributed by atoms with Crippen molar-refractivity contribution in [3.8, 4) is 0 Å². The van der Waals surface area contributed by atoms with E-state index in [2.05, 4.69) is 10.6 Å². The molecular weight excluding hydrogens is 335 g/mol. The Morgan fingerprint density at radius 3 is 2.62 bits per heavy atom. The summed E-state index contributed by atoms with van der Waals surface area (Å²) in [6.45, 7) is 1.78. The lowest BCUT2D eigenvalue weighted by Crippen LogP contribution is -2.43. The highest BCUT2D eigenvalue weighted by molar-refractivity contribution is 7.98. The number of carboxylic acid groups (broad SMARTS) is 1. The van der Waals surface area contributed by atoms with Crippen LogP contribution in [0.15, 0.2) is 12.1 Å². The molecule has 5 nitrogen and oxygen atoms in total. The summed E-state index contributed by atoms with van der Waals surface area (Å²) in [5.74, 6) is -0.455. The van der Waals surface area contributed by atoms with Crippen LogP contribution in [0.5, 0.6) is 0 Å². The summed E-state index contributed by atoms with van der Waals surface area (Å²) in [5, 5.41) is 14.6. The maximum Gasteiger partial charge on any atom is 0.326 e. The zero-order chi connectivity index (χ0) is 16.0. The summed E-state index contributed by atoms with van der Waals surface area (Å²) in [6, 6.07) is 1.73. The van der Waals surface area contributed by atoms with Gasteiger partial charge >= 0.3 is 12.0 Å². The Bertz CT molecular complexity index is 540. The molecule has 8 heteroatoms. The minimum Gasteiger partial charge on any atom is -0.480 e. The van der Waals surface area contributed by atoms with Crippen molar-refractivity contribution in [1.82, 2.24) is 5.32 Å². The third kappa shape index (κ3) is 5.30. The van der Waals surface area contributed by atoms with Gasteiger partial charge in [0.1, 0.15) is 6.04 Å². The molecule has 0 fully saturated rings. The summed E-state index contributed by atoms with van der Waals surface area (Å²) in [5.41, 5.74) is 1.03. The molecule has 0 bridgehead atoms. The van der Waals surface area contributed by atoms with E-state index >= 15 is 0 Å². The predicted molar refractivity (Wildman–Crippen MR) is 87.8 cm³/mol. The lowest BCUT2D eigenvalue weighted by Gasteiger charge is -2.16. The predicted octanol–water partition coefficient (Wildman–Crippen LogP) is 3.63. The second-order valence-corrected chi connectivity index (χ2v) is 6.09. The molecule has 3 N–H and O–H groups in total. The quantitative estimate of drug-likeness (QED) is 0.731. The topological polar surface area (TPSA) is 78.4 Å². The van der Waals surface area contributed by atoms with Gasteiger partial charge in [-0.25, -0.2) is 9.59 Å². The number of amides is 2. The fourth-order valence-corrected chi connectivity index (χ4v) is 2.51. The smallest absolute Gasteiger partial charge is 0.326 e. The maximum absolute atomic E-state index is 11.9. The minimum absolute atomic E-state index is 0.268. The van der Waals surface area contributed by atoms with Gasteiger partial charge in [0.2, 0.25) is 0 Å². The normalized spacial score (nSPS) is 11.8. The zero-order valence-electron chi connectivity index (χ0n) is 11.6. The first kappa shape index (κ1) is 17.9. The number of carbonyl (C=O) groups excluding carboxylic acids is 1. The number of aryl methyl sites for hydroxylation is 1. The molecule has 0 unspecified atom stereocenters. The van der Waals surface area contributed by atoms with E-state index < -0.39 is 18.0 Å². The molecule has 2 amide bonds. The highest BCUT2D eigenvalue weighted by atomic mass is 35.5. The van der Waals surface area contributed by atoms with Gasteiger partial charge in [0, 0.05) is 0 Å². The van der Waals surface area contributed by atoms with Gasteiger partial charge in [-0.15, -0.1) is 0 Å². The van der Waals surface area contributed by atoms with E-state index in [-0.39, 0.29) is 10.7 Å². The highest BCUT2D eigenvalue weighted by Gasteiger charge is 2.20. The molecule has 0 spiro atoms. The molecule has 0 aromatic heterocycles. The molecule has 1 atom stereocenters. The van der Waals surface area contributed by atoms with Gasteiger partial charge in [-0.3, -0.25) is 0 Å². The van der Waals surface area contributed by atoms with E-state index in [9.17, 15) is 9.59 Å². The van der Waals surface area contributed by atoms with Gasteiger partial charge in [0.25, 0.3) is 0 Å². The monoisotopic (exact) mass is 350 g/mol. The second-order valence-electron chi connectivity index (χ2n) is 4.32. The largest absolute Gasteiger partial charge is 0.480 e. The molecule has 116 valence electrons. The molecule has 1 aromatic carbocycles. The summed E-state index contributed by atoms with van der Waals surface area (Å²) < 4.78 is 0. The molecule has 0 radical (unpaired) electrons. The van der Waals surface area contributed by atoms with E-state index in [4.69, 9.17) is 28.3 Å². The highest BCUT2D eigenvalue weighted by Crippen LogP contribution is 2.32. The second kappa shape index (κ2) is 8.36. The number of halogens is 2. The van der Waals surface area contributed by atoms with Crippen LogP contribution in [0.25, 0.3) is 0 Å². The number of aliphatic carboxylic acids is 1. The zero-order valence-corrected chi connectivity index (χ0v) is 13.9. The summed E-state index contributed by atoms with van der Waals surface area (Å²) >= 11 is 13.6. The lowest BCUT2D eigenvalue weighted by molar-refractivity contribution is -0.139. The van der Waals surface area contributed by atoms with Gasteiger partial charge in [-0.1, -0.05) is 29.3 Å². The first-order chi connectivity index (χ1) is 9.86. The van der Waals surface area contributed by atoms with Crippen molar-refractivity contribution in [2.45, 2.75) is 19.4 Å². The van der Waals surface area contributed by atoms with Crippen LogP contribution in [0.2, 0.25) is 10.0 Å². The van der Waals surface area contributed by atoms with Crippen molar-refractivity contribution in [2.75, 3.05) is 17.3 Å². The van der Waals surface area contributed by atoms with Crippen LogP contribution >= 0.6 is 35.0 Å². The minimum atomic E-state index is -1.08. The van der Waals surface area contributed by atoms with Crippen LogP contribution < -0.4 is 10.6 Å². The number of rotatable bonds is 6. The molecule has 0 aliphatic heterocycles. The van der Waals surface area contributed by atoms with Crippen LogP contribution in [0.1, 0.15) is 12.0 Å². The van der Waals surface area contributed by atoms with Gasteiger partial charge in [0.05, 0.1) is 15.7 Å². The fraction of sp³-hybridized carbons (Fsp3) is 0.385. The Morgan fingerprint density at radius 1 is 1.38 bits per heavy atom. The Balaban J connectivity index is 2.77.